The maximum Gasteiger partial charge on any atom is 0.252 e. The number of hydrogen-bond acceptors (Lipinski definition) is 4. The van der Waals surface area contributed by atoms with Crippen LogP contribution >= 0.6 is 0 Å². The molecular weight excluding hydrogens is 611 g/mol. The van der Waals surface area contributed by atoms with E-state index in [9.17, 15) is 0 Å². The predicted octanol–water partition coefficient (Wildman–Crippen LogP) is 10.7. The van der Waals surface area contributed by atoms with Gasteiger partial charge in [-0.1, -0.05) is 86.6 Å². The molecular formula is C45H31BN2O2. The Balaban J connectivity index is 1.21. The number of fused-ring (bicyclic) bond motifs is 10. The van der Waals surface area contributed by atoms with Crippen molar-refractivity contribution in [3.05, 3.63) is 151 Å². The molecule has 0 radical (unpaired) electrons. The molecule has 11 rings (SSSR count). The van der Waals surface area contributed by atoms with Crippen LogP contribution < -0.4 is 26.2 Å². The standard InChI is InChI=1S/C45H31BN2O2/c1-27(2)28-23-39-45-40(24-28)48(30-19-21-33-31-11-3-9-17-41(31)50-44(33)26-30)38-16-8-6-14-36(38)46(45)35-13-5-7-15-37(35)47(39)29-20-22-43-34(25-29)32-12-4-10-18-42(32)49-43/h3-27H,1-2H3. The second kappa shape index (κ2) is 10.2. The smallest absolute Gasteiger partial charge is 0.252 e. The molecule has 2 aliphatic rings. The fraction of sp³-hybridized carbons (Fsp3) is 0.0667. The maximum atomic E-state index is 6.44. The van der Waals surface area contributed by atoms with Crippen LogP contribution in [0.5, 0.6) is 0 Å². The van der Waals surface area contributed by atoms with E-state index in [0.717, 1.165) is 55.3 Å². The van der Waals surface area contributed by atoms with Crippen LogP contribution in [0.4, 0.5) is 34.1 Å². The van der Waals surface area contributed by atoms with Crippen molar-refractivity contribution in [1.82, 2.24) is 0 Å². The number of benzene rings is 7. The minimum Gasteiger partial charge on any atom is -0.456 e. The number of rotatable bonds is 3. The van der Waals surface area contributed by atoms with Crippen molar-refractivity contribution in [3.63, 3.8) is 0 Å². The van der Waals surface area contributed by atoms with Crippen molar-refractivity contribution in [3.8, 4) is 0 Å². The maximum absolute atomic E-state index is 6.44. The van der Waals surface area contributed by atoms with E-state index in [0.29, 0.717) is 5.92 Å². The van der Waals surface area contributed by atoms with Gasteiger partial charge in [-0.15, -0.1) is 0 Å². The van der Waals surface area contributed by atoms with Crippen molar-refractivity contribution in [2.75, 3.05) is 9.80 Å². The van der Waals surface area contributed by atoms with E-state index in [-0.39, 0.29) is 6.71 Å². The van der Waals surface area contributed by atoms with Gasteiger partial charge in [0.05, 0.1) is 0 Å². The molecule has 50 heavy (non-hydrogen) atoms. The van der Waals surface area contributed by atoms with E-state index >= 15 is 0 Å². The molecule has 2 aromatic heterocycles. The van der Waals surface area contributed by atoms with Crippen molar-refractivity contribution in [1.29, 1.82) is 0 Å². The van der Waals surface area contributed by atoms with E-state index in [2.05, 4.69) is 145 Å². The lowest BCUT2D eigenvalue weighted by molar-refractivity contribution is 0.668. The summed E-state index contributed by atoms with van der Waals surface area (Å²) in [4.78, 5) is 4.94. The third-order valence-corrected chi connectivity index (χ3v) is 10.8. The first-order valence-corrected chi connectivity index (χ1v) is 17.4. The molecule has 0 aliphatic carbocycles. The molecule has 0 fully saturated rings. The SMILES string of the molecule is CC(C)c1cc2c3c(c1)N(c1ccc4oc5ccccc5c4c1)c1ccccc1B3c1ccccc1N2c1ccc2c(c1)oc1ccccc12. The largest absolute Gasteiger partial charge is 0.456 e. The Hall–Kier alpha value is -6.20. The summed E-state index contributed by atoms with van der Waals surface area (Å²) in [5.74, 6) is 0.325. The average molecular weight is 643 g/mol. The quantitative estimate of drug-likeness (QED) is 0.180. The zero-order valence-electron chi connectivity index (χ0n) is 27.7. The second-order valence-corrected chi connectivity index (χ2v) is 13.9. The molecule has 0 unspecified atom stereocenters. The van der Waals surface area contributed by atoms with E-state index < -0.39 is 0 Å². The van der Waals surface area contributed by atoms with Gasteiger partial charge in [-0.25, -0.2) is 0 Å². The van der Waals surface area contributed by atoms with Gasteiger partial charge < -0.3 is 18.6 Å². The van der Waals surface area contributed by atoms with Crippen molar-refractivity contribution in [2.45, 2.75) is 19.8 Å². The number of anilines is 6. The van der Waals surface area contributed by atoms with Crippen LogP contribution in [-0.4, -0.2) is 6.71 Å². The zero-order chi connectivity index (χ0) is 33.1. The van der Waals surface area contributed by atoms with Crippen LogP contribution in [0.15, 0.2) is 154 Å². The fourth-order valence-electron chi connectivity index (χ4n) is 8.52. The van der Waals surface area contributed by atoms with Gasteiger partial charge in [0.25, 0.3) is 6.71 Å². The molecule has 0 N–H and O–H groups in total. The highest BCUT2D eigenvalue weighted by atomic mass is 16.3. The topological polar surface area (TPSA) is 32.8 Å². The summed E-state index contributed by atoms with van der Waals surface area (Å²) in [6, 6.07) is 52.7. The molecule has 0 spiro atoms. The Bertz CT molecular complexity index is 2850. The summed E-state index contributed by atoms with van der Waals surface area (Å²) in [6.45, 7) is 4.66. The summed E-state index contributed by atoms with van der Waals surface area (Å²) >= 11 is 0. The number of hydrogen-bond donors (Lipinski definition) is 0. The highest BCUT2D eigenvalue weighted by Gasteiger charge is 2.43. The van der Waals surface area contributed by atoms with Gasteiger partial charge in [-0.3, -0.25) is 0 Å². The van der Waals surface area contributed by atoms with Gasteiger partial charge in [0.15, 0.2) is 0 Å². The molecule has 7 aromatic carbocycles. The van der Waals surface area contributed by atoms with Crippen LogP contribution in [0.3, 0.4) is 0 Å². The van der Waals surface area contributed by atoms with Gasteiger partial charge in [-0.05, 0) is 94.6 Å². The Kier molecular flexibility index (Phi) is 5.63. The number of nitrogens with zero attached hydrogens (tertiary/aromatic N) is 2. The number of furan rings is 2. The molecule has 0 bridgehead atoms. The van der Waals surface area contributed by atoms with E-state index in [1.54, 1.807) is 0 Å². The van der Waals surface area contributed by atoms with E-state index in [1.165, 1.54) is 44.7 Å². The lowest BCUT2D eigenvalue weighted by Gasteiger charge is -2.44. The average Bonchev–Trinajstić information content (AvgIpc) is 3.72. The highest BCUT2D eigenvalue weighted by molar-refractivity contribution is 7.00. The van der Waals surface area contributed by atoms with Gasteiger partial charge >= 0.3 is 0 Å². The normalized spacial score (nSPS) is 13.5. The Morgan fingerprint density at radius 2 is 0.940 bits per heavy atom. The lowest BCUT2D eigenvalue weighted by atomic mass is 9.33. The van der Waals surface area contributed by atoms with Gasteiger partial charge in [-0.2, -0.15) is 0 Å². The number of para-hydroxylation sites is 4. The molecule has 4 heterocycles. The minimum atomic E-state index is 0.0783. The molecule has 0 amide bonds. The van der Waals surface area contributed by atoms with Crippen LogP contribution in [0, 0.1) is 0 Å². The van der Waals surface area contributed by atoms with Gasteiger partial charge in [0.1, 0.15) is 22.3 Å². The first kappa shape index (κ1) is 27.7. The molecule has 2 aliphatic heterocycles. The molecule has 4 nitrogen and oxygen atoms in total. The zero-order valence-corrected chi connectivity index (χ0v) is 27.7. The molecule has 5 heteroatoms. The summed E-state index contributed by atoms with van der Waals surface area (Å²) in [7, 11) is 0. The highest BCUT2D eigenvalue weighted by Crippen LogP contribution is 2.47. The van der Waals surface area contributed by atoms with Crippen LogP contribution in [0.25, 0.3) is 43.9 Å². The summed E-state index contributed by atoms with van der Waals surface area (Å²) in [5.41, 5.74) is 15.8. The van der Waals surface area contributed by atoms with Crippen molar-refractivity contribution >= 4 is 101 Å². The Labute approximate surface area is 289 Å². The molecule has 0 saturated heterocycles. The summed E-state index contributed by atoms with van der Waals surface area (Å²) in [5, 5.41) is 4.53. The van der Waals surface area contributed by atoms with Gasteiger partial charge in [0, 0.05) is 61.7 Å². The first-order chi connectivity index (χ1) is 24.6. The minimum absolute atomic E-state index is 0.0783. The van der Waals surface area contributed by atoms with Crippen LogP contribution in [0.2, 0.25) is 0 Å². The van der Waals surface area contributed by atoms with E-state index in [4.69, 9.17) is 8.83 Å². The van der Waals surface area contributed by atoms with Crippen LogP contribution in [0.1, 0.15) is 25.3 Å². The first-order valence-electron chi connectivity index (χ1n) is 17.4. The summed E-state index contributed by atoms with van der Waals surface area (Å²) < 4.78 is 12.7. The molecule has 236 valence electrons. The third-order valence-electron chi connectivity index (χ3n) is 10.8. The second-order valence-electron chi connectivity index (χ2n) is 13.9. The summed E-state index contributed by atoms with van der Waals surface area (Å²) in [6.07, 6.45) is 0. The van der Waals surface area contributed by atoms with Crippen molar-refractivity contribution < 1.29 is 8.83 Å². The van der Waals surface area contributed by atoms with Gasteiger partial charge in [0.2, 0.25) is 0 Å². The predicted molar refractivity (Wildman–Crippen MR) is 209 cm³/mol. The fourth-order valence-corrected chi connectivity index (χ4v) is 8.52. The monoisotopic (exact) mass is 642 g/mol. The lowest BCUT2D eigenvalue weighted by Crippen LogP contribution is -2.61. The van der Waals surface area contributed by atoms with E-state index in [1.807, 2.05) is 24.3 Å². The van der Waals surface area contributed by atoms with Crippen LogP contribution in [-0.2, 0) is 0 Å². The Morgan fingerprint density at radius 1 is 0.440 bits per heavy atom. The molecule has 0 saturated carbocycles. The molecule has 0 atom stereocenters. The molecule has 9 aromatic rings. The third kappa shape index (κ3) is 3.77. The van der Waals surface area contributed by atoms with Crippen molar-refractivity contribution in [2.24, 2.45) is 0 Å². The Morgan fingerprint density at radius 3 is 1.60 bits per heavy atom.